The van der Waals surface area contributed by atoms with E-state index < -0.39 is 0 Å². The van der Waals surface area contributed by atoms with Gasteiger partial charge in [0.2, 0.25) is 0 Å². The molecule has 54 valence electrons. The van der Waals surface area contributed by atoms with Crippen LogP contribution in [0, 0.1) is 0 Å². The Morgan fingerprint density at radius 3 is 2.90 bits per heavy atom. The highest BCUT2D eigenvalue weighted by molar-refractivity contribution is 5.03. The van der Waals surface area contributed by atoms with Crippen LogP contribution >= 0.6 is 0 Å². The number of nitrogens with zero attached hydrogens (tertiary/aromatic N) is 1. The molecule has 10 heavy (non-hydrogen) atoms. The van der Waals surface area contributed by atoms with Crippen LogP contribution < -0.4 is 5.73 Å². The summed E-state index contributed by atoms with van der Waals surface area (Å²) in [5, 5.41) is 0. The van der Waals surface area contributed by atoms with Gasteiger partial charge in [0.25, 0.3) is 0 Å². The van der Waals surface area contributed by atoms with E-state index in [0.29, 0.717) is 0 Å². The summed E-state index contributed by atoms with van der Waals surface area (Å²) in [5.74, 6) is 0. The molecule has 0 amide bonds. The molecule has 0 unspecified atom stereocenters. The topological polar surface area (TPSA) is 40.5 Å². The third kappa shape index (κ3) is 2.15. The molecule has 0 aliphatic heterocycles. The summed E-state index contributed by atoms with van der Waals surface area (Å²) in [6.07, 6.45) is 4.03. The third-order valence-electron chi connectivity index (χ3n) is 1.41. The fraction of sp³-hybridized carbons (Fsp3) is 0.375. The SMILES string of the molecule is [NH3+]CCCc1ccccn1. The number of pyridine rings is 1. The third-order valence-corrected chi connectivity index (χ3v) is 1.41. The van der Waals surface area contributed by atoms with Crippen molar-refractivity contribution in [3.05, 3.63) is 30.1 Å². The van der Waals surface area contributed by atoms with Crippen molar-refractivity contribution in [2.24, 2.45) is 0 Å². The molecule has 2 heteroatoms. The number of hydrogen-bond donors (Lipinski definition) is 1. The van der Waals surface area contributed by atoms with Gasteiger partial charge in [-0.15, -0.1) is 0 Å². The monoisotopic (exact) mass is 137 g/mol. The highest BCUT2D eigenvalue weighted by Crippen LogP contribution is 1.95. The second-order valence-electron chi connectivity index (χ2n) is 2.28. The van der Waals surface area contributed by atoms with Crippen molar-refractivity contribution in [3.63, 3.8) is 0 Å². The minimum absolute atomic E-state index is 0.997. The van der Waals surface area contributed by atoms with Crippen molar-refractivity contribution in [3.8, 4) is 0 Å². The fourth-order valence-electron chi connectivity index (χ4n) is 0.852. The number of aryl methyl sites for hydroxylation is 1. The average molecular weight is 137 g/mol. The van der Waals surface area contributed by atoms with Gasteiger partial charge in [0.1, 0.15) is 0 Å². The predicted molar refractivity (Wildman–Crippen MR) is 40.3 cm³/mol. The first-order chi connectivity index (χ1) is 4.93. The van der Waals surface area contributed by atoms with Crippen molar-refractivity contribution in [1.82, 2.24) is 4.98 Å². The van der Waals surface area contributed by atoms with Crippen LogP contribution in [-0.4, -0.2) is 11.5 Å². The number of hydrogen-bond acceptors (Lipinski definition) is 1. The Morgan fingerprint density at radius 1 is 1.40 bits per heavy atom. The highest BCUT2D eigenvalue weighted by atomic mass is 14.7. The fourth-order valence-corrected chi connectivity index (χ4v) is 0.852. The highest BCUT2D eigenvalue weighted by Gasteiger charge is 1.90. The van der Waals surface area contributed by atoms with Crippen molar-refractivity contribution in [2.75, 3.05) is 6.54 Å². The molecular formula is C8H13N2+. The van der Waals surface area contributed by atoms with E-state index in [4.69, 9.17) is 0 Å². The van der Waals surface area contributed by atoms with Crippen molar-refractivity contribution in [2.45, 2.75) is 12.8 Å². The van der Waals surface area contributed by atoms with Crippen LogP contribution in [0.15, 0.2) is 24.4 Å². The maximum atomic E-state index is 4.19. The molecule has 1 heterocycles. The molecule has 0 atom stereocenters. The van der Waals surface area contributed by atoms with Crippen LogP contribution in [-0.2, 0) is 6.42 Å². The maximum Gasteiger partial charge on any atom is 0.0743 e. The molecule has 0 saturated heterocycles. The van der Waals surface area contributed by atoms with Crippen LogP contribution in [0.5, 0.6) is 0 Å². The Kier molecular flexibility index (Phi) is 2.90. The summed E-state index contributed by atoms with van der Waals surface area (Å²) in [6.45, 7) is 0.997. The number of aromatic nitrogens is 1. The van der Waals surface area contributed by atoms with Crippen LogP contribution in [0.2, 0.25) is 0 Å². The van der Waals surface area contributed by atoms with E-state index in [1.54, 1.807) is 0 Å². The zero-order valence-electron chi connectivity index (χ0n) is 6.09. The van der Waals surface area contributed by atoms with Gasteiger partial charge in [0.05, 0.1) is 6.54 Å². The van der Waals surface area contributed by atoms with E-state index in [-0.39, 0.29) is 0 Å². The van der Waals surface area contributed by atoms with Gasteiger partial charge in [-0.3, -0.25) is 4.98 Å². The first-order valence-corrected chi connectivity index (χ1v) is 3.62. The van der Waals surface area contributed by atoms with E-state index in [1.165, 1.54) is 5.69 Å². The van der Waals surface area contributed by atoms with E-state index in [1.807, 2.05) is 18.3 Å². The molecule has 0 fully saturated rings. The summed E-state index contributed by atoms with van der Waals surface area (Å²) in [4.78, 5) is 4.19. The molecule has 0 radical (unpaired) electrons. The Morgan fingerprint density at radius 2 is 2.30 bits per heavy atom. The Balaban J connectivity index is 2.43. The minimum atomic E-state index is 0.997. The zero-order chi connectivity index (χ0) is 7.23. The first-order valence-electron chi connectivity index (χ1n) is 3.62. The van der Waals surface area contributed by atoms with Crippen LogP contribution in [0.1, 0.15) is 12.1 Å². The molecule has 0 saturated carbocycles. The number of quaternary nitrogens is 1. The molecule has 0 aliphatic carbocycles. The van der Waals surface area contributed by atoms with E-state index in [2.05, 4.69) is 16.8 Å². The Hall–Kier alpha value is -0.890. The van der Waals surface area contributed by atoms with Crippen molar-refractivity contribution >= 4 is 0 Å². The quantitative estimate of drug-likeness (QED) is 0.637. The summed E-state index contributed by atoms with van der Waals surface area (Å²) >= 11 is 0. The van der Waals surface area contributed by atoms with Gasteiger partial charge in [-0.2, -0.15) is 0 Å². The Labute approximate surface area is 61.1 Å². The standard InChI is InChI=1S/C8H12N2/c9-6-3-5-8-4-1-2-7-10-8/h1-2,4,7H,3,5-6,9H2/p+1. The van der Waals surface area contributed by atoms with Crippen molar-refractivity contribution in [1.29, 1.82) is 0 Å². The Bertz CT molecular complexity index is 172. The summed E-state index contributed by atoms with van der Waals surface area (Å²) in [7, 11) is 0. The minimum Gasteiger partial charge on any atom is -0.358 e. The summed E-state index contributed by atoms with van der Waals surface area (Å²) in [6, 6.07) is 6.01. The van der Waals surface area contributed by atoms with Crippen LogP contribution in [0.25, 0.3) is 0 Å². The largest absolute Gasteiger partial charge is 0.358 e. The molecule has 1 rings (SSSR count). The molecule has 3 N–H and O–H groups in total. The summed E-state index contributed by atoms with van der Waals surface area (Å²) in [5.41, 5.74) is 4.95. The molecule has 0 aliphatic rings. The first kappa shape index (κ1) is 7.22. The van der Waals surface area contributed by atoms with Crippen molar-refractivity contribution < 1.29 is 5.73 Å². The summed E-state index contributed by atoms with van der Waals surface area (Å²) < 4.78 is 0. The molecular weight excluding hydrogens is 124 g/mol. The average Bonchev–Trinajstić information content (AvgIpc) is 2.03. The van der Waals surface area contributed by atoms with Crippen LogP contribution in [0.4, 0.5) is 0 Å². The van der Waals surface area contributed by atoms with Gasteiger partial charge < -0.3 is 5.73 Å². The lowest BCUT2D eigenvalue weighted by atomic mass is 10.2. The lowest BCUT2D eigenvalue weighted by molar-refractivity contribution is -0.368. The maximum absolute atomic E-state index is 4.19. The second kappa shape index (κ2) is 4.01. The van der Waals surface area contributed by atoms with Gasteiger partial charge >= 0.3 is 0 Å². The van der Waals surface area contributed by atoms with Gasteiger partial charge in [0, 0.05) is 18.3 Å². The van der Waals surface area contributed by atoms with E-state index in [9.17, 15) is 0 Å². The molecule has 0 aromatic carbocycles. The lowest BCUT2D eigenvalue weighted by Gasteiger charge is -1.94. The van der Waals surface area contributed by atoms with Gasteiger partial charge in [0.15, 0.2) is 0 Å². The second-order valence-corrected chi connectivity index (χ2v) is 2.28. The predicted octanol–water partition coefficient (Wildman–Crippen LogP) is 0.256. The number of rotatable bonds is 3. The molecule has 1 aromatic heterocycles. The lowest BCUT2D eigenvalue weighted by Crippen LogP contribution is -2.50. The van der Waals surface area contributed by atoms with E-state index in [0.717, 1.165) is 19.4 Å². The molecule has 2 nitrogen and oxygen atoms in total. The smallest absolute Gasteiger partial charge is 0.0743 e. The van der Waals surface area contributed by atoms with Gasteiger partial charge in [-0.1, -0.05) is 6.07 Å². The van der Waals surface area contributed by atoms with E-state index >= 15 is 0 Å². The zero-order valence-corrected chi connectivity index (χ0v) is 6.09. The normalized spacial score (nSPS) is 9.70. The molecule has 0 bridgehead atoms. The van der Waals surface area contributed by atoms with Gasteiger partial charge in [-0.05, 0) is 18.6 Å². The molecule has 1 aromatic rings. The molecule has 0 spiro atoms. The van der Waals surface area contributed by atoms with Gasteiger partial charge in [-0.25, -0.2) is 0 Å². The van der Waals surface area contributed by atoms with Crippen LogP contribution in [0.3, 0.4) is 0 Å².